The Labute approximate surface area is 343 Å². The third-order valence-corrected chi connectivity index (χ3v) is 8.20. The molecule has 0 aliphatic heterocycles. The molecule has 0 amide bonds. The van der Waals surface area contributed by atoms with Gasteiger partial charge < -0.3 is 19.7 Å². The van der Waals surface area contributed by atoms with Crippen LogP contribution in [0.15, 0.2) is 134 Å². The first-order valence-electron chi connectivity index (χ1n) is 18.0. The fourth-order valence-electron chi connectivity index (χ4n) is 5.61. The van der Waals surface area contributed by atoms with Crippen LogP contribution < -0.4 is 14.6 Å². The molecule has 4 aromatic carbocycles. The Morgan fingerprint density at radius 2 is 1.32 bits per heavy atom. The van der Waals surface area contributed by atoms with E-state index in [1.54, 1.807) is 12.4 Å². The number of nitrogens with zero attached hydrogens (tertiary/aromatic N) is 8. The van der Waals surface area contributed by atoms with E-state index in [0.29, 0.717) is 48.1 Å². The van der Waals surface area contributed by atoms with E-state index in [4.69, 9.17) is 9.47 Å². The zero-order valence-electron chi connectivity index (χ0n) is 31.5. The summed E-state index contributed by atoms with van der Waals surface area (Å²) in [4.78, 5) is 4.08. The van der Waals surface area contributed by atoms with E-state index in [2.05, 4.69) is 67.0 Å². The molecular weight excluding hydrogens is 903 g/mol. The fourth-order valence-corrected chi connectivity index (χ4v) is 5.61. The van der Waals surface area contributed by atoms with Gasteiger partial charge in [-0.05, 0) is 42.8 Å². The predicted octanol–water partition coefficient (Wildman–Crippen LogP) is 8.45. The molecule has 0 aliphatic rings. The quantitative estimate of drug-likeness (QED) is 0.119. The molecule has 290 valence electrons. The topological polar surface area (TPSA) is 107 Å². The second-order valence-corrected chi connectivity index (χ2v) is 12.2. The standard InChI is InChI=1S/C19H18FN2O.C18H16FN2O.C7H5N4.Ir/c1-3-23-19-12-15(20)9-10-17(19)18-13-16(22(2)21-18)11-14-7-5-4-6-8-14;1-2-22-18-12-15(19)8-9-16(18)17-10-11-21(20-17)13-14-6-4-3-5-7-14;1-2-4-8-6(3-1)7-5-9-11-10-7;/h4-9,12-13H,3,11H2,1-2H3;3-8,10-12H,2,13H2,1H3;1-5H;/q3*-1;+3. The second-order valence-electron chi connectivity index (χ2n) is 12.2. The molecule has 57 heavy (non-hydrogen) atoms. The van der Waals surface area contributed by atoms with Gasteiger partial charge in [-0.3, -0.25) is 28.3 Å². The van der Waals surface area contributed by atoms with Crippen LogP contribution in [-0.2, 0) is 40.1 Å². The van der Waals surface area contributed by atoms with E-state index >= 15 is 0 Å². The van der Waals surface area contributed by atoms with Gasteiger partial charge in [0.15, 0.2) is 0 Å². The number of aryl methyl sites for hydroxylation is 1. The number of ether oxygens (including phenoxy) is 2. The molecule has 0 bridgehead atoms. The summed E-state index contributed by atoms with van der Waals surface area (Å²) in [5.74, 6) is 0.206. The monoisotopic (exact) mass is 942 g/mol. The molecule has 0 saturated carbocycles. The summed E-state index contributed by atoms with van der Waals surface area (Å²) in [6.07, 6.45) is 5.98. The molecule has 0 fully saturated rings. The first kappa shape index (κ1) is 41.9. The molecular formula is C44H39F2IrN8O2. The van der Waals surface area contributed by atoms with Crippen LogP contribution in [0.25, 0.3) is 33.9 Å². The smallest absolute Gasteiger partial charge is 0.537 e. The minimum absolute atomic E-state index is 0. The van der Waals surface area contributed by atoms with Crippen molar-refractivity contribution in [1.29, 1.82) is 0 Å². The molecule has 0 radical (unpaired) electrons. The van der Waals surface area contributed by atoms with Gasteiger partial charge in [-0.25, -0.2) is 10.2 Å². The molecule has 4 heterocycles. The van der Waals surface area contributed by atoms with Crippen LogP contribution in [0.4, 0.5) is 8.78 Å². The Morgan fingerprint density at radius 3 is 1.89 bits per heavy atom. The molecule has 0 spiro atoms. The molecule has 0 atom stereocenters. The van der Waals surface area contributed by atoms with Gasteiger partial charge in [0.05, 0.1) is 25.5 Å². The van der Waals surface area contributed by atoms with E-state index < -0.39 is 0 Å². The largest absolute Gasteiger partial charge is 3.00 e. The molecule has 0 N–H and O–H groups in total. The average molecular weight is 942 g/mol. The van der Waals surface area contributed by atoms with Crippen LogP contribution >= 0.6 is 0 Å². The summed E-state index contributed by atoms with van der Waals surface area (Å²) in [6.45, 7) is 5.35. The normalized spacial score (nSPS) is 10.3. The number of rotatable bonds is 11. The number of hydrogen-bond acceptors (Lipinski definition) is 7. The van der Waals surface area contributed by atoms with Crippen molar-refractivity contribution in [2.75, 3.05) is 13.2 Å². The van der Waals surface area contributed by atoms with Gasteiger partial charge in [-0.2, -0.15) is 0 Å². The number of hydrogen-bond donors (Lipinski definition) is 0. The van der Waals surface area contributed by atoms with Gasteiger partial charge in [0, 0.05) is 66.1 Å². The van der Waals surface area contributed by atoms with Crippen molar-refractivity contribution in [3.63, 3.8) is 0 Å². The Bertz CT molecular complexity index is 2390. The summed E-state index contributed by atoms with van der Waals surface area (Å²) >= 11 is 0. The summed E-state index contributed by atoms with van der Waals surface area (Å²) in [5.41, 5.74) is 7.80. The molecule has 4 aromatic heterocycles. The SMILES string of the molecule is CCOc1cc(F)c[c-]c1-c1cc(Cc2ccccc2)n(C)n1.CCOc1cc(F)c[c-]c1-c1ccn(Cc2ccccc2)n1.[Ir+3].c1ccc(-c2cnn[n-]2)nc1. The van der Waals surface area contributed by atoms with Crippen LogP contribution in [0.3, 0.4) is 0 Å². The van der Waals surface area contributed by atoms with Crippen LogP contribution in [0.5, 0.6) is 11.5 Å². The van der Waals surface area contributed by atoms with Gasteiger partial charge in [-0.1, -0.05) is 108 Å². The van der Waals surface area contributed by atoms with Gasteiger partial charge in [0.1, 0.15) is 0 Å². The van der Waals surface area contributed by atoms with Gasteiger partial charge in [0.25, 0.3) is 0 Å². The average Bonchev–Trinajstić information content (AvgIpc) is 4.00. The third-order valence-electron chi connectivity index (χ3n) is 8.20. The fraction of sp³-hybridized carbons (Fsp3) is 0.159. The summed E-state index contributed by atoms with van der Waals surface area (Å²) in [6, 6.07) is 41.0. The van der Waals surface area contributed by atoms with Crippen molar-refractivity contribution in [1.82, 2.24) is 40.0 Å². The van der Waals surface area contributed by atoms with Crippen molar-refractivity contribution >= 4 is 0 Å². The molecule has 13 heteroatoms. The number of benzene rings is 4. The predicted molar refractivity (Wildman–Crippen MR) is 210 cm³/mol. The van der Waals surface area contributed by atoms with Crippen molar-refractivity contribution in [2.45, 2.75) is 26.8 Å². The number of aromatic nitrogens is 8. The maximum absolute atomic E-state index is 13.4. The molecule has 0 saturated heterocycles. The molecule has 0 aliphatic carbocycles. The summed E-state index contributed by atoms with van der Waals surface area (Å²) < 4.78 is 41.4. The van der Waals surface area contributed by atoms with Crippen molar-refractivity contribution in [3.05, 3.63) is 174 Å². The number of pyridine rings is 1. The zero-order chi connectivity index (χ0) is 39.1. The zero-order valence-corrected chi connectivity index (χ0v) is 33.9. The summed E-state index contributed by atoms with van der Waals surface area (Å²) in [7, 11) is 1.91. The molecule has 0 unspecified atom stereocenters. The molecule has 10 nitrogen and oxygen atoms in total. The molecule has 8 rings (SSSR count). The van der Waals surface area contributed by atoms with Crippen LogP contribution in [0, 0.1) is 23.8 Å². The van der Waals surface area contributed by atoms with Crippen LogP contribution in [-0.4, -0.2) is 48.1 Å². The van der Waals surface area contributed by atoms with Gasteiger partial charge in [-0.15, -0.1) is 24.3 Å². The first-order valence-corrected chi connectivity index (χ1v) is 18.0. The minimum atomic E-state index is -0.365. The third kappa shape index (κ3) is 11.8. The number of halogens is 2. The second kappa shape index (κ2) is 21.1. The maximum Gasteiger partial charge on any atom is 3.00 e. The van der Waals surface area contributed by atoms with Crippen molar-refractivity contribution in [2.24, 2.45) is 7.05 Å². The van der Waals surface area contributed by atoms with E-state index in [-0.39, 0.29) is 31.7 Å². The Morgan fingerprint density at radius 1 is 0.702 bits per heavy atom. The van der Waals surface area contributed by atoms with Crippen molar-refractivity contribution < 1.29 is 38.4 Å². The Balaban J connectivity index is 0.000000171. The maximum atomic E-state index is 13.4. The van der Waals surface area contributed by atoms with E-state index in [9.17, 15) is 8.78 Å². The van der Waals surface area contributed by atoms with Gasteiger partial charge >= 0.3 is 20.1 Å². The van der Waals surface area contributed by atoms with E-state index in [1.807, 2.05) is 103 Å². The van der Waals surface area contributed by atoms with E-state index in [0.717, 1.165) is 29.2 Å². The summed E-state index contributed by atoms with van der Waals surface area (Å²) in [5, 5.41) is 19.9. The molecule has 8 aromatic rings. The first-order chi connectivity index (χ1) is 27.4. The Kier molecular flexibility index (Phi) is 15.5. The van der Waals surface area contributed by atoms with Gasteiger partial charge in [0.2, 0.25) is 0 Å². The minimum Gasteiger partial charge on any atom is -0.537 e. The van der Waals surface area contributed by atoms with Crippen LogP contribution in [0.2, 0.25) is 0 Å². The van der Waals surface area contributed by atoms with E-state index in [1.165, 1.54) is 35.4 Å². The van der Waals surface area contributed by atoms with Crippen molar-refractivity contribution in [3.8, 4) is 45.4 Å². The van der Waals surface area contributed by atoms with Crippen LogP contribution in [0.1, 0.15) is 30.7 Å². The Hall–Kier alpha value is -6.30.